The smallest absolute Gasteiger partial charge is 0.226 e. The van der Waals surface area contributed by atoms with Crippen LogP contribution in [-0.4, -0.2) is 56.5 Å². The van der Waals surface area contributed by atoms with Gasteiger partial charge in [-0.2, -0.15) is 9.97 Å². The number of rotatable bonds is 8. The van der Waals surface area contributed by atoms with Gasteiger partial charge in [0.15, 0.2) is 17.0 Å². The zero-order chi connectivity index (χ0) is 19.3. The highest BCUT2D eigenvalue weighted by molar-refractivity contribution is 5.85. The molecule has 0 radical (unpaired) electrons. The van der Waals surface area contributed by atoms with Gasteiger partial charge in [0.05, 0.1) is 0 Å². The first-order chi connectivity index (χ1) is 13.8. The lowest BCUT2D eigenvalue weighted by molar-refractivity contribution is -0.127. The number of nitrogens with zero attached hydrogens (tertiary/aromatic N) is 5. The zero-order valence-corrected chi connectivity index (χ0v) is 16.1. The average molecular weight is 379 g/mol. The van der Waals surface area contributed by atoms with Crippen molar-refractivity contribution in [3.63, 3.8) is 0 Å². The van der Waals surface area contributed by atoms with Crippen molar-refractivity contribution in [1.82, 2.24) is 24.4 Å². The van der Waals surface area contributed by atoms with Crippen molar-refractivity contribution >= 4 is 28.8 Å². The monoisotopic (exact) mass is 379 g/mol. The predicted octanol–water partition coefficient (Wildman–Crippen LogP) is 2.67. The van der Waals surface area contributed by atoms with Crippen LogP contribution in [0.2, 0.25) is 0 Å². The van der Waals surface area contributed by atoms with Crippen molar-refractivity contribution in [1.29, 1.82) is 0 Å². The van der Waals surface area contributed by atoms with Gasteiger partial charge in [-0.25, -0.2) is 4.98 Å². The molecule has 1 aliphatic heterocycles. The molecule has 2 aromatic heterocycles. The standard InChI is InChI=1S/C20H25N7O/c1-2-21-20-24-18(22-11-7-13-26-12-6-10-16(26)28)17-19(25-20)27(14-23-17)15-8-4-3-5-9-15/h3-5,8-9,14H,2,6-7,10-13H2,1H3,(H2,21,22,24,25). The third-order valence-corrected chi connectivity index (χ3v) is 4.83. The minimum atomic E-state index is 0.264. The van der Waals surface area contributed by atoms with E-state index in [4.69, 9.17) is 0 Å². The van der Waals surface area contributed by atoms with Crippen LogP contribution in [0.3, 0.4) is 0 Å². The normalized spacial score (nSPS) is 14.0. The van der Waals surface area contributed by atoms with E-state index in [-0.39, 0.29) is 5.91 Å². The van der Waals surface area contributed by atoms with Gasteiger partial charge in [-0.15, -0.1) is 0 Å². The third-order valence-electron chi connectivity index (χ3n) is 4.83. The number of nitrogens with one attached hydrogen (secondary N) is 2. The Kier molecular flexibility index (Phi) is 5.36. The second-order valence-corrected chi connectivity index (χ2v) is 6.81. The third kappa shape index (κ3) is 3.76. The largest absolute Gasteiger partial charge is 0.368 e. The van der Waals surface area contributed by atoms with Gasteiger partial charge in [0.1, 0.15) is 6.33 Å². The van der Waals surface area contributed by atoms with E-state index in [1.165, 1.54) is 0 Å². The van der Waals surface area contributed by atoms with Crippen LogP contribution in [0.1, 0.15) is 26.2 Å². The molecule has 8 heteroatoms. The van der Waals surface area contributed by atoms with Crippen LogP contribution in [0.15, 0.2) is 36.7 Å². The van der Waals surface area contributed by atoms with Gasteiger partial charge in [-0.05, 0) is 31.9 Å². The number of para-hydroxylation sites is 1. The van der Waals surface area contributed by atoms with Gasteiger partial charge in [0.25, 0.3) is 0 Å². The summed E-state index contributed by atoms with van der Waals surface area (Å²) in [7, 11) is 0. The molecule has 3 heterocycles. The number of hydrogen-bond acceptors (Lipinski definition) is 6. The molecule has 1 aliphatic rings. The Hall–Kier alpha value is -3.16. The number of amides is 1. The fraction of sp³-hybridized carbons (Fsp3) is 0.400. The number of anilines is 2. The molecular formula is C20H25N7O. The molecule has 3 aromatic rings. The maximum atomic E-state index is 11.7. The quantitative estimate of drug-likeness (QED) is 0.585. The Morgan fingerprint density at radius 3 is 2.75 bits per heavy atom. The van der Waals surface area contributed by atoms with Crippen LogP contribution in [-0.2, 0) is 4.79 Å². The summed E-state index contributed by atoms with van der Waals surface area (Å²) < 4.78 is 1.96. The van der Waals surface area contributed by atoms with E-state index in [0.717, 1.165) is 55.9 Å². The maximum Gasteiger partial charge on any atom is 0.226 e. The molecule has 1 amide bonds. The first-order valence-corrected chi connectivity index (χ1v) is 9.82. The lowest BCUT2D eigenvalue weighted by Crippen LogP contribution is -2.27. The summed E-state index contributed by atoms with van der Waals surface area (Å²) >= 11 is 0. The number of imidazole rings is 1. The van der Waals surface area contributed by atoms with Gasteiger partial charge in [-0.3, -0.25) is 9.36 Å². The number of hydrogen-bond donors (Lipinski definition) is 2. The molecule has 2 N–H and O–H groups in total. The lowest BCUT2D eigenvalue weighted by Gasteiger charge is -2.15. The summed E-state index contributed by atoms with van der Waals surface area (Å²) in [5, 5.41) is 6.58. The topological polar surface area (TPSA) is 88.0 Å². The molecule has 0 saturated carbocycles. The fourth-order valence-electron chi connectivity index (χ4n) is 3.46. The first-order valence-electron chi connectivity index (χ1n) is 9.82. The first kappa shape index (κ1) is 18.2. The molecule has 1 fully saturated rings. The molecule has 8 nitrogen and oxygen atoms in total. The van der Waals surface area contributed by atoms with Crippen LogP contribution in [0.5, 0.6) is 0 Å². The zero-order valence-electron chi connectivity index (χ0n) is 16.1. The number of fused-ring (bicyclic) bond motifs is 1. The van der Waals surface area contributed by atoms with E-state index >= 15 is 0 Å². The molecule has 1 aromatic carbocycles. The second kappa shape index (κ2) is 8.24. The average Bonchev–Trinajstić information content (AvgIpc) is 3.32. The molecule has 28 heavy (non-hydrogen) atoms. The summed E-state index contributed by atoms with van der Waals surface area (Å²) in [4.78, 5) is 27.5. The van der Waals surface area contributed by atoms with Gasteiger partial charge >= 0.3 is 0 Å². The van der Waals surface area contributed by atoms with Crippen molar-refractivity contribution in [3.8, 4) is 5.69 Å². The summed E-state index contributed by atoms with van der Waals surface area (Å²) in [6, 6.07) is 10.0. The molecule has 4 rings (SSSR count). The summed E-state index contributed by atoms with van der Waals surface area (Å²) in [5.41, 5.74) is 2.50. The lowest BCUT2D eigenvalue weighted by atomic mass is 10.3. The summed E-state index contributed by atoms with van der Waals surface area (Å²) in [5.74, 6) is 1.55. The Morgan fingerprint density at radius 1 is 1.14 bits per heavy atom. The van der Waals surface area contributed by atoms with Crippen molar-refractivity contribution in [2.75, 3.05) is 36.8 Å². The van der Waals surface area contributed by atoms with E-state index in [2.05, 4.69) is 25.6 Å². The van der Waals surface area contributed by atoms with Crippen molar-refractivity contribution in [2.45, 2.75) is 26.2 Å². The number of carbonyl (C=O) groups excluding carboxylic acids is 1. The fourth-order valence-corrected chi connectivity index (χ4v) is 3.46. The summed E-state index contributed by atoms with van der Waals surface area (Å²) in [6.45, 7) is 5.13. The van der Waals surface area contributed by atoms with E-state index in [0.29, 0.717) is 18.2 Å². The minimum Gasteiger partial charge on any atom is -0.368 e. The van der Waals surface area contributed by atoms with Gasteiger partial charge in [-0.1, -0.05) is 18.2 Å². The summed E-state index contributed by atoms with van der Waals surface area (Å²) in [6.07, 6.45) is 4.30. The number of aromatic nitrogens is 4. The van der Waals surface area contributed by atoms with E-state index in [9.17, 15) is 4.79 Å². The molecule has 0 unspecified atom stereocenters. The van der Waals surface area contributed by atoms with Crippen molar-refractivity contribution < 1.29 is 4.79 Å². The molecule has 0 spiro atoms. The van der Waals surface area contributed by atoms with Crippen LogP contribution >= 0.6 is 0 Å². The highest BCUT2D eigenvalue weighted by Gasteiger charge is 2.19. The number of benzene rings is 1. The molecular weight excluding hydrogens is 354 g/mol. The van der Waals surface area contributed by atoms with Crippen LogP contribution in [0.4, 0.5) is 11.8 Å². The minimum absolute atomic E-state index is 0.264. The number of likely N-dealkylation sites (tertiary alicyclic amines) is 1. The highest BCUT2D eigenvalue weighted by Crippen LogP contribution is 2.23. The maximum absolute atomic E-state index is 11.7. The molecule has 0 aliphatic carbocycles. The van der Waals surface area contributed by atoms with E-state index < -0.39 is 0 Å². The number of carbonyl (C=O) groups is 1. The molecule has 0 bridgehead atoms. The molecule has 0 atom stereocenters. The van der Waals surface area contributed by atoms with Crippen molar-refractivity contribution in [3.05, 3.63) is 36.7 Å². The van der Waals surface area contributed by atoms with Crippen LogP contribution in [0.25, 0.3) is 16.9 Å². The Labute approximate surface area is 164 Å². The Bertz CT molecular complexity index is 954. The van der Waals surface area contributed by atoms with E-state index in [1.807, 2.05) is 46.7 Å². The van der Waals surface area contributed by atoms with E-state index in [1.54, 1.807) is 6.33 Å². The van der Waals surface area contributed by atoms with Crippen LogP contribution < -0.4 is 10.6 Å². The van der Waals surface area contributed by atoms with Crippen LogP contribution in [0, 0.1) is 0 Å². The second-order valence-electron chi connectivity index (χ2n) is 6.81. The van der Waals surface area contributed by atoms with Gasteiger partial charge in [0.2, 0.25) is 11.9 Å². The molecule has 1 saturated heterocycles. The Balaban J connectivity index is 1.55. The Morgan fingerprint density at radius 2 is 2.00 bits per heavy atom. The van der Waals surface area contributed by atoms with Gasteiger partial charge in [0, 0.05) is 38.3 Å². The highest BCUT2D eigenvalue weighted by atomic mass is 16.2. The van der Waals surface area contributed by atoms with Crippen molar-refractivity contribution in [2.24, 2.45) is 0 Å². The van der Waals surface area contributed by atoms with Gasteiger partial charge < -0.3 is 15.5 Å². The predicted molar refractivity (Wildman–Crippen MR) is 110 cm³/mol. The molecule has 146 valence electrons. The SMILES string of the molecule is CCNc1nc(NCCCN2CCCC2=O)c2ncn(-c3ccccc3)c2n1.